The summed E-state index contributed by atoms with van der Waals surface area (Å²) in [6.45, 7) is 0.259. The third-order valence-corrected chi connectivity index (χ3v) is 4.66. The molecule has 0 aromatic heterocycles. The summed E-state index contributed by atoms with van der Waals surface area (Å²) >= 11 is 7.78. The highest BCUT2D eigenvalue weighted by molar-refractivity contribution is 7.80. The first-order chi connectivity index (χ1) is 14.9. The first-order valence-electron chi connectivity index (χ1n) is 9.31. The molecule has 0 aliphatic heterocycles. The monoisotopic (exact) mass is 495 g/mol. The highest BCUT2D eigenvalue weighted by Gasteiger charge is 2.30. The Morgan fingerprint density at radius 1 is 0.844 bits per heavy atom. The average molecular weight is 496 g/mol. The van der Waals surface area contributed by atoms with Gasteiger partial charge in [0.2, 0.25) is 17.7 Å². The van der Waals surface area contributed by atoms with E-state index in [4.69, 9.17) is 27.4 Å². The van der Waals surface area contributed by atoms with Gasteiger partial charge in [0.1, 0.15) is 18.1 Å². The minimum absolute atomic E-state index is 0.0983. The molecule has 0 saturated heterocycles. The molecule has 32 heavy (non-hydrogen) atoms. The third-order valence-electron chi connectivity index (χ3n) is 3.93. The highest BCUT2D eigenvalue weighted by Crippen LogP contribution is 2.01. The predicted octanol–water partition coefficient (Wildman–Crippen LogP) is -3.76. The maximum Gasteiger partial charge on any atom is 0.327 e. The van der Waals surface area contributed by atoms with Gasteiger partial charge in [-0.2, -0.15) is 25.3 Å². The van der Waals surface area contributed by atoms with E-state index in [9.17, 15) is 24.0 Å². The third kappa shape index (κ3) is 11.6. The molecule has 0 aromatic rings. The fourth-order valence-corrected chi connectivity index (χ4v) is 2.74. The van der Waals surface area contributed by atoms with Crippen LogP contribution in [0.15, 0.2) is 4.99 Å². The smallest absolute Gasteiger partial charge is 0.327 e. The summed E-state index contributed by atoms with van der Waals surface area (Å²) in [4.78, 5) is 62.9. The maximum absolute atomic E-state index is 12.5. The van der Waals surface area contributed by atoms with Crippen molar-refractivity contribution in [2.75, 3.05) is 18.1 Å². The lowest BCUT2D eigenvalue weighted by molar-refractivity contribution is -0.143. The Morgan fingerprint density at radius 2 is 1.34 bits per heavy atom. The molecule has 182 valence electrons. The molecule has 0 rings (SSSR count). The molecule has 0 radical (unpaired) electrons. The van der Waals surface area contributed by atoms with Gasteiger partial charge in [-0.1, -0.05) is 0 Å². The second-order valence-electron chi connectivity index (χ2n) is 6.54. The molecule has 0 spiro atoms. The summed E-state index contributed by atoms with van der Waals surface area (Å²) in [5.74, 6) is -5.97. The molecule has 0 fully saturated rings. The minimum Gasteiger partial charge on any atom is -0.481 e. The lowest BCUT2D eigenvalue weighted by Gasteiger charge is -2.23. The number of guanidine groups is 1. The number of carboxylic acids is 2. The van der Waals surface area contributed by atoms with Crippen molar-refractivity contribution < 1.29 is 34.2 Å². The van der Waals surface area contributed by atoms with Crippen molar-refractivity contribution >= 4 is 60.9 Å². The summed E-state index contributed by atoms with van der Waals surface area (Å²) in [6, 6.07) is -5.21. The van der Waals surface area contributed by atoms with Gasteiger partial charge in [-0.05, 0) is 12.8 Å². The van der Waals surface area contributed by atoms with Crippen LogP contribution in [0.5, 0.6) is 0 Å². The average Bonchev–Trinajstić information content (AvgIpc) is 2.71. The molecule has 14 nitrogen and oxygen atoms in total. The molecule has 0 aliphatic rings. The summed E-state index contributed by atoms with van der Waals surface area (Å²) < 4.78 is 0. The zero-order chi connectivity index (χ0) is 24.8. The van der Waals surface area contributed by atoms with Gasteiger partial charge in [-0.3, -0.25) is 24.2 Å². The summed E-state index contributed by atoms with van der Waals surface area (Å²) in [5.41, 5.74) is 16.2. The Hall–Kier alpha value is -2.72. The number of hydrogen-bond acceptors (Lipinski definition) is 9. The van der Waals surface area contributed by atoms with E-state index in [1.165, 1.54) is 0 Å². The number of carboxylic acid groups (broad SMARTS) is 2. The number of amides is 3. The van der Waals surface area contributed by atoms with Crippen LogP contribution >= 0.6 is 25.3 Å². The van der Waals surface area contributed by atoms with Crippen LogP contribution < -0.4 is 33.2 Å². The van der Waals surface area contributed by atoms with Gasteiger partial charge in [-0.25, -0.2) is 4.79 Å². The number of hydrogen-bond donors (Lipinski definition) is 10. The van der Waals surface area contributed by atoms with Crippen LogP contribution in [-0.2, 0) is 24.0 Å². The van der Waals surface area contributed by atoms with E-state index < -0.39 is 60.2 Å². The lowest BCUT2D eigenvalue weighted by atomic mass is 10.1. The zero-order valence-electron chi connectivity index (χ0n) is 17.1. The number of nitrogens with zero attached hydrogens (tertiary/aromatic N) is 1. The van der Waals surface area contributed by atoms with Gasteiger partial charge in [0.25, 0.3) is 0 Å². The topological polar surface area (TPSA) is 252 Å². The molecule has 11 N–H and O–H groups in total. The van der Waals surface area contributed by atoms with Crippen molar-refractivity contribution in [2.45, 2.75) is 43.4 Å². The van der Waals surface area contributed by atoms with E-state index in [-0.39, 0.29) is 30.4 Å². The van der Waals surface area contributed by atoms with Crippen molar-refractivity contribution in [1.82, 2.24) is 16.0 Å². The van der Waals surface area contributed by atoms with E-state index in [0.29, 0.717) is 6.42 Å². The number of thiol groups is 2. The number of nitrogens with one attached hydrogen (secondary N) is 3. The first kappa shape index (κ1) is 29.3. The lowest BCUT2D eigenvalue weighted by Crippen LogP contribution is -2.58. The summed E-state index contributed by atoms with van der Waals surface area (Å²) in [5, 5.41) is 24.6. The van der Waals surface area contributed by atoms with Gasteiger partial charge in [0.15, 0.2) is 5.96 Å². The van der Waals surface area contributed by atoms with Gasteiger partial charge in [-0.15, -0.1) is 0 Å². The second-order valence-corrected chi connectivity index (χ2v) is 7.27. The minimum atomic E-state index is -1.60. The maximum atomic E-state index is 12.5. The quantitative estimate of drug-likeness (QED) is 0.0459. The molecule has 16 heteroatoms. The molecular formula is C16H29N7O7S2. The zero-order valence-corrected chi connectivity index (χ0v) is 18.9. The van der Waals surface area contributed by atoms with Crippen molar-refractivity contribution in [1.29, 1.82) is 0 Å². The van der Waals surface area contributed by atoms with E-state index in [1.807, 2.05) is 0 Å². The molecule has 0 heterocycles. The van der Waals surface area contributed by atoms with Crippen molar-refractivity contribution in [3.05, 3.63) is 0 Å². The molecule has 3 amide bonds. The van der Waals surface area contributed by atoms with E-state index in [0.717, 1.165) is 0 Å². The number of rotatable bonds is 15. The number of carbonyl (C=O) groups is 5. The Morgan fingerprint density at radius 3 is 1.81 bits per heavy atom. The number of carbonyl (C=O) groups excluding carboxylic acids is 3. The standard InChI is InChI=1S/C16H29N7O7S2/c17-7(2-1-3-20-16(18)19)12(26)22-9(5-31)14(28)21-8(4-11(24)25)13(27)23-10(6-32)15(29)30/h7-10,31-32H,1-6,17H2,(H,21,28)(H,22,26)(H,23,27)(H,24,25)(H,29,30)(H4,18,19,20). The largest absolute Gasteiger partial charge is 0.481 e. The molecule has 0 aromatic carbocycles. The number of aliphatic imine (C=N–C) groups is 1. The summed E-state index contributed by atoms with van der Waals surface area (Å²) in [7, 11) is 0. The SMILES string of the molecule is NC(N)=NCCCC(N)C(=O)NC(CS)C(=O)NC(CC(=O)O)C(=O)NC(CS)C(=O)O. The fourth-order valence-electron chi connectivity index (χ4n) is 2.24. The Kier molecular flexibility index (Phi) is 13.9. The Labute approximate surface area is 194 Å². The molecule has 4 unspecified atom stereocenters. The van der Waals surface area contributed by atoms with Crippen molar-refractivity contribution in [3.63, 3.8) is 0 Å². The van der Waals surface area contributed by atoms with Crippen LogP contribution in [-0.4, -0.2) is 88.1 Å². The second kappa shape index (κ2) is 15.1. The van der Waals surface area contributed by atoms with Gasteiger partial charge >= 0.3 is 11.9 Å². The number of nitrogens with two attached hydrogens (primary N) is 3. The van der Waals surface area contributed by atoms with Crippen molar-refractivity contribution in [3.8, 4) is 0 Å². The van der Waals surface area contributed by atoms with E-state index in [1.54, 1.807) is 0 Å². The van der Waals surface area contributed by atoms with Crippen LogP contribution in [0.3, 0.4) is 0 Å². The normalized spacial score (nSPS) is 14.2. The Balaban J connectivity index is 5.05. The van der Waals surface area contributed by atoms with Crippen LogP contribution in [0.1, 0.15) is 19.3 Å². The predicted molar refractivity (Wildman–Crippen MR) is 121 cm³/mol. The number of aliphatic carboxylic acids is 2. The molecule has 0 saturated carbocycles. The van der Waals surface area contributed by atoms with Crippen molar-refractivity contribution in [2.24, 2.45) is 22.2 Å². The van der Waals surface area contributed by atoms with Crippen LogP contribution in [0.4, 0.5) is 0 Å². The van der Waals surface area contributed by atoms with Gasteiger partial charge in [0.05, 0.1) is 12.5 Å². The van der Waals surface area contributed by atoms with E-state index >= 15 is 0 Å². The molecular weight excluding hydrogens is 466 g/mol. The molecule has 0 bridgehead atoms. The summed E-state index contributed by atoms with van der Waals surface area (Å²) in [6.07, 6.45) is -0.205. The van der Waals surface area contributed by atoms with Crippen LogP contribution in [0, 0.1) is 0 Å². The highest BCUT2D eigenvalue weighted by atomic mass is 32.1. The molecule has 0 aliphatic carbocycles. The Bertz CT molecular complexity index is 719. The van der Waals surface area contributed by atoms with Crippen LogP contribution in [0.2, 0.25) is 0 Å². The van der Waals surface area contributed by atoms with Gasteiger partial charge < -0.3 is 43.4 Å². The molecule has 4 atom stereocenters. The first-order valence-corrected chi connectivity index (χ1v) is 10.6. The van der Waals surface area contributed by atoms with Gasteiger partial charge in [0, 0.05) is 18.1 Å². The van der Waals surface area contributed by atoms with E-state index in [2.05, 4.69) is 46.2 Å². The van der Waals surface area contributed by atoms with Crippen LogP contribution in [0.25, 0.3) is 0 Å². The fraction of sp³-hybridized carbons (Fsp3) is 0.625.